The molecule has 6 N–H and O–H groups in total. The van der Waals surface area contributed by atoms with Crippen molar-refractivity contribution in [1.29, 1.82) is 0 Å². The number of rotatable bonds is 0. The number of nitrogens with one attached hydrogen (secondary N) is 2. The Labute approximate surface area is 68.5 Å². The van der Waals surface area contributed by atoms with Gasteiger partial charge in [-0.2, -0.15) is 0 Å². The van der Waals surface area contributed by atoms with Gasteiger partial charge >= 0.3 is 0 Å². The van der Waals surface area contributed by atoms with Gasteiger partial charge in [0.2, 0.25) is 5.25 Å². The van der Waals surface area contributed by atoms with E-state index in [2.05, 4.69) is 10.6 Å². The molecule has 0 aliphatic carbocycles. The van der Waals surface area contributed by atoms with E-state index in [9.17, 15) is 0 Å². The average Bonchev–Trinajstić information content (AvgIpc) is 1.56. The number of nitrogens with two attached hydrogens (primary N) is 2. The van der Waals surface area contributed by atoms with Gasteiger partial charge in [-0.1, -0.05) is 23.2 Å². The van der Waals surface area contributed by atoms with Crippen molar-refractivity contribution in [2.24, 2.45) is 11.5 Å². The summed E-state index contributed by atoms with van der Waals surface area (Å²) in [5.41, 5.74) is 10.8. The van der Waals surface area contributed by atoms with E-state index in [4.69, 9.17) is 34.7 Å². The van der Waals surface area contributed by atoms with E-state index < -0.39 is 10.4 Å². The third-order valence-electron chi connectivity index (χ3n) is 0.993. The molecule has 0 aromatic heterocycles. The maximum absolute atomic E-state index is 5.63. The maximum atomic E-state index is 5.63. The Hall–Kier alpha value is -0.0000000000000000763. The van der Waals surface area contributed by atoms with Gasteiger partial charge in [-0.3, -0.25) is 11.5 Å². The van der Waals surface area contributed by atoms with E-state index >= 15 is 0 Å². The van der Waals surface area contributed by atoms with E-state index in [0.717, 1.165) is 0 Å². The first-order valence-corrected chi connectivity index (χ1v) is 3.37. The Morgan fingerprint density at radius 1 is 1.30 bits per heavy atom. The number of hydrogen-bond acceptors (Lipinski definition) is 4. The lowest BCUT2D eigenvalue weighted by Gasteiger charge is -2.34. The Morgan fingerprint density at radius 2 is 1.90 bits per heavy atom. The zero-order valence-corrected chi connectivity index (χ0v) is 6.58. The van der Waals surface area contributed by atoms with Gasteiger partial charge in [-0.05, 0) is 6.08 Å². The van der Waals surface area contributed by atoms with Gasteiger partial charge in [0, 0.05) is 6.20 Å². The molecule has 4 nitrogen and oxygen atoms in total. The number of hydrogen-bond donors (Lipinski definition) is 4. The molecule has 0 bridgehead atoms. The summed E-state index contributed by atoms with van der Waals surface area (Å²) in [6.07, 6.45) is 3.00. The van der Waals surface area contributed by atoms with Gasteiger partial charge in [0.05, 0.1) is 0 Å². The standard InChI is InChI=1S/C4H8Cl2N4/c5-3(7)1-2-9-4(6,8)10-3/h1-2,9-10H,7-8H2. The molecular weight excluding hydrogens is 175 g/mol. The summed E-state index contributed by atoms with van der Waals surface area (Å²) in [5.74, 6) is 0. The summed E-state index contributed by atoms with van der Waals surface area (Å²) >= 11 is 11.2. The van der Waals surface area contributed by atoms with E-state index in [1.54, 1.807) is 0 Å². The molecule has 0 saturated heterocycles. The monoisotopic (exact) mass is 182 g/mol. The molecule has 0 amide bonds. The predicted octanol–water partition coefficient (Wildman–Crippen LogP) is -0.647. The zero-order valence-electron chi connectivity index (χ0n) is 5.07. The van der Waals surface area contributed by atoms with Crippen LogP contribution in [0.5, 0.6) is 0 Å². The minimum absolute atomic E-state index is 1.16. The minimum Gasteiger partial charge on any atom is -0.349 e. The average molecular weight is 183 g/mol. The van der Waals surface area contributed by atoms with Gasteiger partial charge in [0.25, 0.3) is 0 Å². The third-order valence-corrected chi connectivity index (χ3v) is 1.42. The molecule has 10 heavy (non-hydrogen) atoms. The lowest BCUT2D eigenvalue weighted by molar-refractivity contribution is 0.353. The minimum atomic E-state index is -1.26. The summed E-state index contributed by atoms with van der Waals surface area (Å²) in [7, 11) is 0. The van der Waals surface area contributed by atoms with Crippen LogP contribution in [-0.2, 0) is 0 Å². The van der Waals surface area contributed by atoms with Gasteiger partial charge in [-0.25, -0.2) is 5.32 Å². The van der Waals surface area contributed by atoms with Crippen LogP contribution in [0.3, 0.4) is 0 Å². The second kappa shape index (κ2) is 2.25. The Balaban J connectivity index is 2.73. The first-order valence-electron chi connectivity index (χ1n) is 2.62. The number of halogens is 2. The lowest BCUT2D eigenvalue weighted by atomic mass is 10.4. The van der Waals surface area contributed by atoms with Crippen molar-refractivity contribution in [3.05, 3.63) is 12.3 Å². The summed E-state index contributed by atoms with van der Waals surface area (Å²) in [6.45, 7) is 0. The van der Waals surface area contributed by atoms with Crippen LogP contribution in [0.4, 0.5) is 0 Å². The van der Waals surface area contributed by atoms with Crippen LogP contribution in [0, 0.1) is 0 Å². The second-order valence-electron chi connectivity index (χ2n) is 2.08. The molecule has 0 fully saturated rings. The smallest absolute Gasteiger partial charge is 0.223 e. The Morgan fingerprint density at radius 3 is 2.20 bits per heavy atom. The largest absolute Gasteiger partial charge is 0.349 e. The van der Waals surface area contributed by atoms with Crippen molar-refractivity contribution in [1.82, 2.24) is 10.6 Å². The second-order valence-corrected chi connectivity index (χ2v) is 3.30. The fourth-order valence-electron chi connectivity index (χ4n) is 0.641. The molecule has 6 heteroatoms. The molecule has 0 saturated carbocycles. The van der Waals surface area contributed by atoms with E-state index in [0.29, 0.717) is 0 Å². The molecule has 58 valence electrons. The van der Waals surface area contributed by atoms with Gasteiger partial charge in [0.1, 0.15) is 0 Å². The van der Waals surface area contributed by atoms with E-state index in [-0.39, 0.29) is 0 Å². The van der Waals surface area contributed by atoms with Crippen molar-refractivity contribution in [3.63, 3.8) is 0 Å². The topological polar surface area (TPSA) is 76.1 Å². The van der Waals surface area contributed by atoms with E-state index in [1.165, 1.54) is 12.3 Å². The van der Waals surface area contributed by atoms with Gasteiger partial charge < -0.3 is 5.32 Å². The third kappa shape index (κ3) is 2.00. The SMILES string of the molecule is NC1(Cl)C=CNC(N)(Cl)N1. The quantitative estimate of drug-likeness (QED) is 0.297. The van der Waals surface area contributed by atoms with Crippen LogP contribution < -0.4 is 22.1 Å². The highest BCUT2D eigenvalue weighted by Gasteiger charge is 2.32. The fraction of sp³-hybridized carbons (Fsp3) is 0.500. The Bertz CT molecular complexity index is 165. The summed E-state index contributed by atoms with van der Waals surface area (Å²) in [4.78, 5) is 0. The first-order chi connectivity index (χ1) is 4.41. The molecule has 0 aromatic rings. The molecule has 1 aliphatic rings. The Kier molecular flexibility index (Phi) is 1.82. The van der Waals surface area contributed by atoms with Gasteiger partial charge in [0.15, 0.2) is 5.12 Å². The summed E-state index contributed by atoms with van der Waals surface area (Å²) < 4.78 is 0. The maximum Gasteiger partial charge on any atom is 0.223 e. The highest BCUT2D eigenvalue weighted by Crippen LogP contribution is 2.14. The molecule has 1 rings (SSSR count). The van der Waals surface area contributed by atoms with Crippen molar-refractivity contribution < 1.29 is 0 Å². The molecule has 1 heterocycles. The van der Waals surface area contributed by atoms with Crippen molar-refractivity contribution >= 4 is 23.2 Å². The van der Waals surface area contributed by atoms with Crippen LogP contribution in [0.1, 0.15) is 0 Å². The molecule has 2 atom stereocenters. The van der Waals surface area contributed by atoms with Gasteiger partial charge in [-0.15, -0.1) is 0 Å². The lowest BCUT2D eigenvalue weighted by Crippen LogP contribution is -2.68. The van der Waals surface area contributed by atoms with Crippen LogP contribution >= 0.6 is 23.2 Å². The van der Waals surface area contributed by atoms with Crippen molar-refractivity contribution in [2.75, 3.05) is 0 Å². The number of alkyl halides is 2. The van der Waals surface area contributed by atoms with Crippen LogP contribution in [-0.4, -0.2) is 10.4 Å². The van der Waals surface area contributed by atoms with Crippen molar-refractivity contribution in [2.45, 2.75) is 10.4 Å². The predicted molar refractivity (Wildman–Crippen MR) is 41.0 cm³/mol. The first kappa shape index (κ1) is 8.10. The van der Waals surface area contributed by atoms with Crippen LogP contribution in [0.15, 0.2) is 12.3 Å². The fourth-order valence-corrected chi connectivity index (χ4v) is 1.12. The molecular formula is C4H8Cl2N4. The highest BCUT2D eigenvalue weighted by molar-refractivity contribution is 6.27. The van der Waals surface area contributed by atoms with Crippen LogP contribution in [0.25, 0.3) is 0 Å². The normalized spacial score (nSPS) is 46.8. The van der Waals surface area contributed by atoms with E-state index in [1.807, 2.05) is 0 Å². The summed E-state index contributed by atoms with van der Waals surface area (Å²) in [5, 5.41) is 2.70. The van der Waals surface area contributed by atoms with Crippen molar-refractivity contribution in [3.8, 4) is 0 Å². The summed E-state index contributed by atoms with van der Waals surface area (Å²) in [6, 6.07) is 0. The molecule has 2 unspecified atom stereocenters. The van der Waals surface area contributed by atoms with Crippen LogP contribution in [0.2, 0.25) is 0 Å². The molecule has 0 spiro atoms. The molecule has 0 radical (unpaired) electrons. The highest BCUT2D eigenvalue weighted by atomic mass is 35.5. The zero-order chi connectivity index (χ0) is 7.83. The molecule has 0 aromatic carbocycles. The molecule has 1 aliphatic heterocycles.